The van der Waals surface area contributed by atoms with Crippen molar-refractivity contribution in [1.29, 1.82) is 0 Å². The molecule has 0 spiro atoms. The minimum Gasteiger partial charge on any atom is -0.332 e. The van der Waals surface area contributed by atoms with Crippen LogP contribution < -0.4 is 0 Å². The maximum absolute atomic E-state index is 14.1. The van der Waals surface area contributed by atoms with E-state index < -0.39 is 11.8 Å². The number of carbonyl (C=O) groups excluding carboxylic acids is 2. The van der Waals surface area contributed by atoms with E-state index in [0.29, 0.717) is 51.4 Å². The average molecular weight is 664 g/mol. The fourth-order valence-corrected chi connectivity index (χ4v) is 6.58. The molecule has 0 bridgehead atoms. The van der Waals surface area contributed by atoms with Gasteiger partial charge in [0, 0.05) is 89.7 Å². The van der Waals surface area contributed by atoms with E-state index in [4.69, 9.17) is 0 Å². The van der Waals surface area contributed by atoms with Gasteiger partial charge in [0.2, 0.25) is 0 Å². The highest BCUT2D eigenvalue weighted by atomic mass is 79.9. The lowest BCUT2D eigenvalue weighted by molar-refractivity contribution is -0.153. The van der Waals surface area contributed by atoms with Crippen LogP contribution in [-0.2, 0) is 22.7 Å². The number of hydrogen-bond acceptors (Lipinski definition) is 5. The average Bonchev–Trinajstić information content (AvgIpc) is 3.39. The third kappa shape index (κ3) is 6.71. The van der Waals surface area contributed by atoms with E-state index in [-0.39, 0.29) is 5.82 Å². The zero-order valence-corrected chi connectivity index (χ0v) is 24.9. The molecule has 2 aliphatic heterocycles. The topological polar surface area (TPSA) is 47.1 Å². The molecule has 2 fully saturated rings. The summed E-state index contributed by atoms with van der Waals surface area (Å²) in [5, 5.41) is 0. The molecule has 5 rings (SSSR count). The summed E-state index contributed by atoms with van der Waals surface area (Å²) in [6, 6.07) is 17.6. The molecule has 38 heavy (non-hydrogen) atoms. The van der Waals surface area contributed by atoms with Gasteiger partial charge < -0.3 is 9.80 Å². The third-order valence-corrected chi connectivity index (χ3v) is 9.21. The fraction of sp³-hybridized carbons (Fsp3) is 0.357. The van der Waals surface area contributed by atoms with Crippen LogP contribution in [0.5, 0.6) is 0 Å². The fourth-order valence-electron chi connectivity index (χ4n) is 4.85. The van der Waals surface area contributed by atoms with Gasteiger partial charge in [0.25, 0.3) is 0 Å². The molecule has 2 aliphatic rings. The minimum absolute atomic E-state index is 0.231. The van der Waals surface area contributed by atoms with Crippen LogP contribution in [-0.4, -0.2) is 83.8 Å². The number of piperazine rings is 2. The number of hydrogen-bond donors (Lipinski definition) is 0. The number of benzene rings is 2. The Labute approximate surface area is 243 Å². The summed E-state index contributed by atoms with van der Waals surface area (Å²) in [5.74, 6) is -1.07. The van der Waals surface area contributed by atoms with Gasteiger partial charge in [-0.25, -0.2) is 4.39 Å². The lowest BCUT2D eigenvalue weighted by Crippen LogP contribution is -2.56. The third-order valence-electron chi connectivity index (χ3n) is 7.07. The highest BCUT2D eigenvalue weighted by Crippen LogP contribution is 2.30. The molecule has 6 nitrogen and oxygen atoms in total. The number of nitrogens with zero attached hydrogens (tertiary/aromatic N) is 4. The second-order valence-electron chi connectivity index (χ2n) is 9.65. The number of amides is 2. The van der Waals surface area contributed by atoms with Crippen LogP contribution in [0, 0.1) is 5.82 Å². The van der Waals surface area contributed by atoms with Crippen LogP contribution in [0.4, 0.5) is 4.39 Å². The maximum atomic E-state index is 14.1. The number of rotatable bonds is 5. The first-order chi connectivity index (χ1) is 18.4. The molecule has 0 N–H and O–H groups in total. The molecular formula is C28H29Br2FN4O2S. The van der Waals surface area contributed by atoms with E-state index in [9.17, 15) is 14.0 Å². The lowest BCUT2D eigenvalue weighted by atomic mass is 10.2. The Kier molecular flexibility index (Phi) is 8.95. The van der Waals surface area contributed by atoms with E-state index in [0.717, 1.165) is 28.6 Å². The predicted octanol–water partition coefficient (Wildman–Crippen LogP) is 5.07. The second-order valence-corrected chi connectivity index (χ2v) is 12.6. The SMILES string of the molecule is O=C(C(=O)N1CCN(Cc2cc(Br)ccc2F)CC1)N1CCN(Cc2ccc(-c3ccc(Br)cc3)s2)CC1. The van der Waals surface area contributed by atoms with Gasteiger partial charge in [-0.1, -0.05) is 44.0 Å². The molecule has 0 unspecified atom stereocenters. The Morgan fingerprint density at radius 3 is 1.87 bits per heavy atom. The lowest BCUT2D eigenvalue weighted by Gasteiger charge is -2.37. The highest BCUT2D eigenvalue weighted by Gasteiger charge is 2.31. The Morgan fingerprint density at radius 2 is 1.26 bits per heavy atom. The van der Waals surface area contributed by atoms with Crippen molar-refractivity contribution in [1.82, 2.24) is 19.6 Å². The van der Waals surface area contributed by atoms with Crippen molar-refractivity contribution in [2.75, 3.05) is 52.4 Å². The Balaban J connectivity index is 1.07. The number of thiophene rings is 1. The monoisotopic (exact) mass is 662 g/mol. The van der Waals surface area contributed by atoms with Crippen molar-refractivity contribution in [3.63, 3.8) is 0 Å². The van der Waals surface area contributed by atoms with Gasteiger partial charge >= 0.3 is 11.8 Å². The van der Waals surface area contributed by atoms with E-state index >= 15 is 0 Å². The second kappa shape index (κ2) is 12.4. The molecule has 0 atom stereocenters. The summed E-state index contributed by atoms with van der Waals surface area (Å²) in [4.78, 5) is 36.2. The summed E-state index contributed by atoms with van der Waals surface area (Å²) in [5.41, 5.74) is 1.83. The van der Waals surface area contributed by atoms with Crippen molar-refractivity contribution in [3.8, 4) is 10.4 Å². The molecule has 3 heterocycles. The molecule has 2 aromatic carbocycles. The zero-order valence-electron chi connectivity index (χ0n) is 20.9. The van der Waals surface area contributed by atoms with Crippen LogP contribution in [0.1, 0.15) is 10.4 Å². The van der Waals surface area contributed by atoms with E-state index in [1.54, 1.807) is 33.3 Å². The van der Waals surface area contributed by atoms with Crippen LogP contribution in [0.3, 0.4) is 0 Å². The first kappa shape index (κ1) is 27.5. The van der Waals surface area contributed by atoms with Gasteiger partial charge in [-0.15, -0.1) is 11.3 Å². The summed E-state index contributed by atoms with van der Waals surface area (Å²) in [6.45, 7) is 6.10. The standard InChI is InChI=1S/C28H29Br2FN4O2S/c29-22-3-1-20(2-4-22)26-8-6-24(38-26)19-33-11-15-35(16-12-33)28(37)27(36)34-13-9-32(10-14-34)18-21-17-23(30)5-7-25(21)31/h1-8,17H,9-16,18-19H2. The van der Waals surface area contributed by atoms with E-state index in [1.807, 2.05) is 0 Å². The zero-order chi connectivity index (χ0) is 26.6. The van der Waals surface area contributed by atoms with Gasteiger partial charge in [-0.3, -0.25) is 19.4 Å². The number of halogens is 3. The summed E-state index contributed by atoms with van der Waals surface area (Å²) >= 11 is 8.67. The van der Waals surface area contributed by atoms with Gasteiger partial charge in [0.15, 0.2) is 0 Å². The molecule has 10 heteroatoms. The van der Waals surface area contributed by atoms with Crippen LogP contribution >= 0.6 is 43.2 Å². The van der Waals surface area contributed by atoms with Crippen molar-refractivity contribution in [2.45, 2.75) is 13.1 Å². The molecular weight excluding hydrogens is 635 g/mol. The van der Waals surface area contributed by atoms with Crippen molar-refractivity contribution in [2.24, 2.45) is 0 Å². The summed E-state index contributed by atoms with van der Waals surface area (Å²) in [7, 11) is 0. The molecule has 0 radical (unpaired) electrons. The van der Waals surface area contributed by atoms with E-state index in [2.05, 4.69) is 78.1 Å². The maximum Gasteiger partial charge on any atom is 0.312 e. The van der Waals surface area contributed by atoms with Gasteiger partial charge in [-0.2, -0.15) is 0 Å². The Bertz CT molecular complexity index is 1290. The van der Waals surface area contributed by atoms with Crippen LogP contribution in [0.25, 0.3) is 10.4 Å². The summed E-state index contributed by atoms with van der Waals surface area (Å²) < 4.78 is 16.0. The normalized spacial score (nSPS) is 17.1. The van der Waals surface area contributed by atoms with Crippen molar-refractivity contribution < 1.29 is 14.0 Å². The van der Waals surface area contributed by atoms with Crippen LogP contribution in [0.15, 0.2) is 63.5 Å². The molecule has 1 aromatic heterocycles. The van der Waals surface area contributed by atoms with Gasteiger partial charge in [-0.05, 0) is 48.0 Å². The Morgan fingerprint density at radius 1 is 0.711 bits per heavy atom. The molecule has 200 valence electrons. The van der Waals surface area contributed by atoms with E-state index in [1.165, 1.54) is 21.4 Å². The predicted molar refractivity (Wildman–Crippen MR) is 155 cm³/mol. The Hall–Kier alpha value is -2.11. The van der Waals surface area contributed by atoms with Crippen LogP contribution in [0.2, 0.25) is 0 Å². The molecule has 0 saturated carbocycles. The van der Waals surface area contributed by atoms with Crippen molar-refractivity contribution in [3.05, 3.63) is 79.8 Å². The molecule has 3 aromatic rings. The first-order valence-corrected chi connectivity index (χ1v) is 15.1. The first-order valence-electron chi connectivity index (χ1n) is 12.7. The smallest absolute Gasteiger partial charge is 0.312 e. The summed E-state index contributed by atoms with van der Waals surface area (Å²) in [6.07, 6.45) is 0. The largest absolute Gasteiger partial charge is 0.332 e. The molecule has 2 amide bonds. The highest BCUT2D eigenvalue weighted by molar-refractivity contribution is 9.10. The van der Waals surface area contributed by atoms with Crippen molar-refractivity contribution >= 4 is 55.0 Å². The van der Waals surface area contributed by atoms with Gasteiger partial charge in [0.05, 0.1) is 0 Å². The quantitative estimate of drug-likeness (QED) is 0.358. The number of carbonyl (C=O) groups is 2. The molecule has 0 aliphatic carbocycles. The minimum atomic E-state index is -0.427. The molecule has 2 saturated heterocycles. The van der Waals surface area contributed by atoms with Gasteiger partial charge in [0.1, 0.15) is 5.82 Å².